The number of carbonyl (C=O) groups is 1. The van der Waals surface area contributed by atoms with Gasteiger partial charge in [0, 0.05) is 6.20 Å². The van der Waals surface area contributed by atoms with E-state index in [1.54, 1.807) is 35.2 Å². The van der Waals surface area contributed by atoms with E-state index in [1.807, 2.05) is 13.0 Å². The quantitative estimate of drug-likeness (QED) is 0.942. The van der Waals surface area contributed by atoms with E-state index in [-0.39, 0.29) is 17.8 Å². The Balaban J connectivity index is 1.76. The van der Waals surface area contributed by atoms with Crippen molar-refractivity contribution in [3.8, 4) is 0 Å². The molecule has 0 bridgehead atoms. The maximum atomic E-state index is 12.9. The molecule has 1 aliphatic rings. The van der Waals surface area contributed by atoms with Crippen molar-refractivity contribution in [2.24, 2.45) is 0 Å². The lowest BCUT2D eigenvalue weighted by Crippen LogP contribution is -2.28. The lowest BCUT2D eigenvalue weighted by Gasteiger charge is -2.16. The lowest BCUT2D eigenvalue weighted by atomic mass is 10.1. The predicted molar refractivity (Wildman–Crippen MR) is 76.8 cm³/mol. The molecular weight excluding hydrogens is 271 g/mol. The molecule has 0 aliphatic carbocycles. The number of carbonyl (C=O) groups excluding carboxylic acids is 1. The number of benzene rings is 1. The fourth-order valence-electron chi connectivity index (χ4n) is 2.31. The lowest BCUT2D eigenvalue weighted by molar-refractivity contribution is 0.0932. The molecule has 0 fully saturated rings. The second-order valence-electron chi connectivity index (χ2n) is 4.92. The smallest absolute Gasteiger partial charge is 0.268 e. The largest absolute Gasteiger partial charge is 0.493 e. The number of nitrogens with zero attached hydrogens (tertiary/aromatic N) is 1. The van der Waals surface area contributed by atoms with Gasteiger partial charge in [-0.25, -0.2) is 4.39 Å². The summed E-state index contributed by atoms with van der Waals surface area (Å²) in [5.74, 6) is -0.465. The molecule has 2 aromatic rings. The van der Waals surface area contributed by atoms with E-state index in [9.17, 15) is 9.18 Å². The van der Waals surface area contributed by atoms with Gasteiger partial charge in [0.25, 0.3) is 5.91 Å². The summed E-state index contributed by atoms with van der Waals surface area (Å²) in [5, 5.41) is 2.91. The van der Waals surface area contributed by atoms with Crippen LogP contribution in [0.3, 0.4) is 0 Å². The molecule has 0 saturated carbocycles. The molecule has 1 aromatic heterocycles. The Labute approximate surface area is 121 Å². The van der Waals surface area contributed by atoms with E-state index >= 15 is 0 Å². The summed E-state index contributed by atoms with van der Waals surface area (Å²) in [6.45, 7) is 2.32. The third kappa shape index (κ3) is 2.67. The molecule has 1 atom stereocenters. The zero-order valence-electron chi connectivity index (χ0n) is 11.5. The minimum atomic E-state index is -0.289. The van der Waals surface area contributed by atoms with Crippen molar-refractivity contribution in [1.29, 1.82) is 0 Å². The molecule has 0 unspecified atom stereocenters. The summed E-state index contributed by atoms with van der Waals surface area (Å²) in [6, 6.07) is 9.53. The normalized spacial score (nSPS) is 14.2. The third-order valence-corrected chi connectivity index (χ3v) is 3.49. The van der Waals surface area contributed by atoms with Gasteiger partial charge in [-0.15, -0.1) is 0 Å². The molecule has 108 valence electrons. The van der Waals surface area contributed by atoms with Gasteiger partial charge in [0.15, 0.2) is 0 Å². The topological polar surface area (TPSA) is 43.3 Å². The van der Waals surface area contributed by atoms with E-state index in [0.29, 0.717) is 12.3 Å². The number of rotatable bonds is 3. The highest BCUT2D eigenvalue weighted by Crippen LogP contribution is 2.18. The van der Waals surface area contributed by atoms with E-state index in [0.717, 1.165) is 11.3 Å². The van der Waals surface area contributed by atoms with E-state index in [1.165, 1.54) is 12.1 Å². The summed E-state index contributed by atoms with van der Waals surface area (Å²) in [7, 11) is 0. The van der Waals surface area contributed by atoms with Gasteiger partial charge >= 0.3 is 0 Å². The maximum absolute atomic E-state index is 12.9. The SMILES string of the molecule is C[C@@H](NC(=O)c1ccc2n1C=COC2)c1ccc(F)cc1. The number of aromatic nitrogens is 1. The first-order valence-corrected chi connectivity index (χ1v) is 6.70. The second kappa shape index (κ2) is 5.44. The van der Waals surface area contributed by atoms with Crippen molar-refractivity contribution in [3.05, 3.63) is 65.4 Å². The van der Waals surface area contributed by atoms with Gasteiger partial charge in [0.05, 0.1) is 11.7 Å². The fourth-order valence-corrected chi connectivity index (χ4v) is 2.31. The zero-order valence-corrected chi connectivity index (χ0v) is 11.5. The van der Waals surface area contributed by atoms with Crippen LogP contribution in [0.15, 0.2) is 42.7 Å². The summed E-state index contributed by atoms with van der Waals surface area (Å²) < 4.78 is 19.9. The number of halogens is 1. The zero-order chi connectivity index (χ0) is 14.8. The predicted octanol–water partition coefficient (Wildman–Crippen LogP) is 3.08. The van der Waals surface area contributed by atoms with Crippen LogP contribution < -0.4 is 5.32 Å². The molecule has 1 N–H and O–H groups in total. The van der Waals surface area contributed by atoms with Crippen molar-refractivity contribution in [3.63, 3.8) is 0 Å². The van der Waals surface area contributed by atoms with Crippen LogP contribution in [0, 0.1) is 5.82 Å². The van der Waals surface area contributed by atoms with Crippen molar-refractivity contribution < 1.29 is 13.9 Å². The molecule has 4 nitrogen and oxygen atoms in total. The molecular formula is C16H15FN2O2. The molecule has 1 amide bonds. The van der Waals surface area contributed by atoms with E-state index in [2.05, 4.69) is 5.32 Å². The Kier molecular flexibility index (Phi) is 3.48. The average Bonchev–Trinajstić information content (AvgIpc) is 2.92. The second-order valence-corrected chi connectivity index (χ2v) is 4.92. The first-order valence-electron chi connectivity index (χ1n) is 6.70. The van der Waals surface area contributed by atoms with Gasteiger partial charge in [-0.2, -0.15) is 0 Å². The van der Waals surface area contributed by atoms with Crippen LogP contribution in [0.25, 0.3) is 6.20 Å². The first kappa shape index (κ1) is 13.4. The molecule has 5 heteroatoms. The maximum Gasteiger partial charge on any atom is 0.268 e. The molecule has 0 saturated heterocycles. The fraction of sp³-hybridized carbons (Fsp3) is 0.188. The highest BCUT2D eigenvalue weighted by atomic mass is 19.1. The van der Waals surface area contributed by atoms with Crippen LogP contribution >= 0.6 is 0 Å². The van der Waals surface area contributed by atoms with Crippen molar-refractivity contribution in [2.75, 3.05) is 0 Å². The van der Waals surface area contributed by atoms with Crippen LogP contribution in [-0.2, 0) is 11.3 Å². The molecule has 21 heavy (non-hydrogen) atoms. The minimum Gasteiger partial charge on any atom is -0.493 e. The van der Waals surface area contributed by atoms with Gasteiger partial charge in [0.2, 0.25) is 0 Å². The number of nitrogens with one attached hydrogen (secondary N) is 1. The first-order chi connectivity index (χ1) is 10.1. The summed E-state index contributed by atoms with van der Waals surface area (Å²) in [4.78, 5) is 12.3. The number of hydrogen-bond acceptors (Lipinski definition) is 2. The monoisotopic (exact) mass is 286 g/mol. The van der Waals surface area contributed by atoms with Crippen LogP contribution in [0.1, 0.15) is 34.7 Å². The molecule has 2 heterocycles. The van der Waals surface area contributed by atoms with Gasteiger partial charge in [-0.05, 0) is 36.8 Å². The van der Waals surface area contributed by atoms with Crippen LogP contribution in [-0.4, -0.2) is 10.5 Å². The number of fused-ring (bicyclic) bond motifs is 1. The number of hydrogen-bond donors (Lipinski definition) is 1. The van der Waals surface area contributed by atoms with Gasteiger partial charge in [0.1, 0.15) is 24.4 Å². The Morgan fingerprint density at radius 2 is 2.05 bits per heavy atom. The summed E-state index contributed by atoms with van der Waals surface area (Å²) >= 11 is 0. The van der Waals surface area contributed by atoms with Gasteiger partial charge in [-0.1, -0.05) is 12.1 Å². The molecule has 1 aliphatic heterocycles. The Bertz CT molecular complexity index is 689. The Morgan fingerprint density at radius 3 is 2.81 bits per heavy atom. The van der Waals surface area contributed by atoms with Gasteiger partial charge in [-0.3, -0.25) is 4.79 Å². The highest BCUT2D eigenvalue weighted by Gasteiger charge is 2.18. The van der Waals surface area contributed by atoms with E-state index < -0.39 is 0 Å². The number of ether oxygens (including phenoxy) is 1. The summed E-state index contributed by atoms with van der Waals surface area (Å²) in [6.07, 6.45) is 3.28. The van der Waals surface area contributed by atoms with Crippen LogP contribution in [0.5, 0.6) is 0 Å². The standard InChI is InChI=1S/C16H15FN2O2/c1-11(12-2-4-13(17)5-3-12)18-16(20)15-7-6-14-10-21-9-8-19(14)15/h2-9,11H,10H2,1H3,(H,18,20)/t11-/m1/s1. The van der Waals surface area contributed by atoms with Gasteiger partial charge < -0.3 is 14.6 Å². The Hall–Kier alpha value is -2.56. The molecule has 0 spiro atoms. The van der Waals surface area contributed by atoms with Crippen LogP contribution in [0.4, 0.5) is 4.39 Å². The van der Waals surface area contributed by atoms with Crippen molar-refractivity contribution >= 4 is 12.1 Å². The summed E-state index contributed by atoms with van der Waals surface area (Å²) in [5.41, 5.74) is 2.34. The van der Waals surface area contributed by atoms with Crippen molar-refractivity contribution in [1.82, 2.24) is 9.88 Å². The minimum absolute atomic E-state index is 0.176. The van der Waals surface area contributed by atoms with Crippen LogP contribution in [0.2, 0.25) is 0 Å². The Morgan fingerprint density at radius 1 is 1.29 bits per heavy atom. The number of amides is 1. The third-order valence-electron chi connectivity index (χ3n) is 3.49. The van der Waals surface area contributed by atoms with Crippen molar-refractivity contribution in [2.45, 2.75) is 19.6 Å². The molecule has 0 radical (unpaired) electrons. The molecule has 3 rings (SSSR count). The van der Waals surface area contributed by atoms with E-state index in [4.69, 9.17) is 4.74 Å². The highest BCUT2D eigenvalue weighted by molar-refractivity contribution is 5.94. The average molecular weight is 286 g/mol. The molecule has 1 aromatic carbocycles.